The van der Waals surface area contributed by atoms with Gasteiger partial charge in [0.1, 0.15) is 16.7 Å². The molecular formula is C19H17F2N3OS. The van der Waals surface area contributed by atoms with Crippen molar-refractivity contribution in [3.8, 4) is 0 Å². The first-order valence-electron chi connectivity index (χ1n) is 8.06. The summed E-state index contributed by atoms with van der Waals surface area (Å²) in [6.45, 7) is 4.34. The maximum Gasteiger partial charge on any atom is 0.185 e. The summed E-state index contributed by atoms with van der Waals surface area (Å²) in [5.74, 6) is -0.956. The van der Waals surface area contributed by atoms with E-state index >= 15 is 0 Å². The molecule has 0 bridgehead atoms. The van der Waals surface area contributed by atoms with E-state index in [1.807, 2.05) is 26.0 Å². The number of carbonyl (C=O) groups is 1. The monoisotopic (exact) mass is 373 g/mol. The fourth-order valence-corrected chi connectivity index (χ4v) is 3.79. The Labute approximate surface area is 154 Å². The molecule has 0 amide bonds. The molecule has 0 N–H and O–H groups in total. The summed E-state index contributed by atoms with van der Waals surface area (Å²) in [7, 11) is 0. The molecule has 2 aromatic heterocycles. The van der Waals surface area contributed by atoms with Gasteiger partial charge in [-0.2, -0.15) is 0 Å². The molecule has 3 aromatic rings. The van der Waals surface area contributed by atoms with E-state index in [0.717, 1.165) is 17.3 Å². The third-order valence-corrected chi connectivity index (χ3v) is 4.86. The SMILES string of the molecule is CC(C)c1nc(C=O)n(Cc2ccncc2)c1Sc1cc(F)cc(F)c1. The van der Waals surface area contributed by atoms with Crippen molar-refractivity contribution in [2.45, 2.75) is 36.2 Å². The van der Waals surface area contributed by atoms with E-state index in [2.05, 4.69) is 9.97 Å². The molecule has 0 unspecified atom stereocenters. The molecular weight excluding hydrogens is 356 g/mol. The second kappa shape index (κ2) is 7.78. The van der Waals surface area contributed by atoms with Crippen molar-refractivity contribution < 1.29 is 13.6 Å². The molecule has 0 aliphatic heterocycles. The van der Waals surface area contributed by atoms with Crippen molar-refractivity contribution in [1.82, 2.24) is 14.5 Å². The lowest BCUT2D eigenvalue weighted by atomic mass is 10.1. The molecule has 2 heterocycles. The maximum atomic E-state index is 13.6. The van der Waals surface area contributed by atoms with E-state index < -0.39 is 11.6 Å². The molecule has 134 valence electrons. The van der Waals surface area contributed by atoms with Crippen molar-refractivity contribution in [2.24, 2.45) is 0 Å². The Morgan fingerprint density at radius 3 is 2.38 bits per heavy atom. The number of rotatable bonds is 6. The number of hydrogen-bond donors (Lipinski definition) is 0. The lowest BCUT2D eigenvalue weighted by Gasteiger charge is -2.12. The normalized spacial score (nSPS) is 11.1. The van der Waals surface area contributed by atoms with Crippen molar-refractivity contribution >= 4 is 18.0 Å². The fraction of sp³-hybridized carbons (Fsp3) is 0.211. The first kappa shape index (κ1) is 18.3. The number of pyridine rings is 1. The molecule has 0 aliphatic carbocycles. The molecule has 3 rings (SSSR count). The van der Waals surface area contributed by atoms with Crippen molar-refractivity contribution in [3.05, 3.63) is 71.4 Å². The number of halogens is 2. The van der Waals surface area contributed by atoms with Crippen LogP contribution in [0.25, 0.3) is 0 Å². The number of aromatic nitrogens is 3. The van der Waals surface area contributed by atoms with Gasteiger partial charge in [-0.15, -0.1) is 0 Å². The number of nitrogens with zero attached hydrogens (tertiary/aromatic N) is 3. The van der Waals surface area contributed by atoms with Crippen LogP contribution in [0.2, 0.25) is 0 Å². The standard InChI is InChI=1S/C19H17F2N3OS/c1-12(2)18-19(26-16-8-14(20)7-15(21)9-16)24(17(11-25)23-18)10-13-3-5-22-6-4-13/h3-9,11-12H,10H2,1-2H3. The summed E-state index contributed by atoms with van der Waals surface area (Å²) >= 11 is 1.20. The minimum Gasteiger partial charge on any atom is -0.312 e. The molecule has 0 spiro atoms. The van der Waals surface area contributed by atoms with Crippen LogP contribution in [0.5, 0.6) is 0 Å². The highest BCUT2D eigenvalue weighted by Crippen LogP contribution is 2.35. The van der Waals surface area contributed by atoms with E-state index in [4.69, 9.17) is 0 Å². The average molecular weight is 373 g/mol. The summed E-state index contributed by atoms with van der Waals surface area (Å²) in [5, 5.41) is 0.698. The Morgan fingerprint density at radius 2 is 1.81 bits per heavy atom. The number of aldehydes is 1. The molecule has 4 nitrogen and oxygen atoms in total. The summed E-state index contributed by atoms with van der Waals surface area (Å²) in [5.41, 5.74) is 1.67. The molecule has 7 heteroatoms. The van der Waals surface area contributed by atoms with Gasteiger partial charge in [0.15, 0.2) is 12.1 Å². The van der Waals surface area contributed by atoms with Crippen molar-refractivity contribution in [2.75, 3.05) is 0 Å². The Hall–Kier alpha value is -2.54. The van der Waals surface area contributed by atoms with Crippen LogP contribution < -0.4 is 0 Å². The third kappa shape index (κ3) is 3.99. The van der Waals surface area contributed by atoms with Gasteiger partial charge in [-0.25, -0.2) is 13.8 Å². The highest BCUT2D eigenvalue weighted by molar-refractivity contribution is 7.99. The molecule has 0 fully saturated rings. The minimum atomic E-state index is -0.644. The van der Waals surface area contributed by atoms with Crippen LogP contribution in [-0.2, 0) is 6.54 Å². The minimum absolute atomic E-state index is 0.0493. The molecule has 0 radical (unpaired) electrons. The summed E-state index contributed by atoms with van der Waals surface area (Å²) < 4.78 is 28.9. The molecule has 26 heavy (non-hydrogen) atoms. The van der Waals surface area contributed by atoms with Gasteiger partial charge in [-0.05, 0) is 35.7 Å². The quantitative estimate of drug-likeness (QED) is 0.588. The van der Waals surface area contributed by atoms with Gasteiger partial charge in [-0.1, -0.05) is 25.6 Å². The maximum absolute atomic E-state index is 13.6. The van der Waals surface area contributed by atoms with Crippen LogP contribution in [0.1, 0.15) is 41.6 Å². The Morgan fingerprint density at radius 1 is 1.15 bits per heavy atom. The Balaban J connectivity index is 2.08. The number of imidazole rings is 1. The van der Waals surface area contributed by atoms with Crippen LogP contribution >= 0.6 is 11.8 Å². The van der Waals surface area contributed by atoms with E-state index in [-0.39, 0.29) is 11.7 Å². The van der Waals surface area contributed by atoms with Crippen LogP contribution in [0.4, 0.5) is 8.78 Å². The van der Waals surface area contributed by atoms with E-state index in [0.29, 0.717) is 22.8 Å². The van der Waals surface area contributed by atoms with E-state index in [1.54, 1.807) is 17.0 Å². The molecule has 0 aliphatic rings. The topological polar surface area (TPSA) is 47.8 Å². The van der Waals surface area contributed by atoms with E-state index in [9.17, 15) is 13.6 Å². The average Bonchev–Trinajstić information content (AvgIpc) is 2.93. The lowest BCUT2D eigenvalue weighted by molar-refractivity contribution is 0.111. The Bertz CT molecular complexity index is 906. The Kier molecular flexibility index (Phi) is 5.46. The second-order valence-corrected chi connectivity index (χ2v) is 7.14. The first-order valence-corrected chi connectivity index (χ1v) is 8.88. The van der Waals surface area contributed by atoms with Crippen molar-refractivity contribution in [1.29, 1.82) is 0 Å². The van der Waals surface area contributed by atoms with Crippen LogP contribution in [0, 0.1) is 11.6 Å². The fourth-order valence-electron chi connectivity index (χ4n) is 2.57. The lowest BCUT2D eigenvalue weighted by Crippen LogP contribution is -2.06. The van der Waals surface area contributed by atoms with Crippen LogP contribution in [0.15, 0.2) is 52.6 Å². The molecule has 0 saturated heterocycles. The summed E-state index contributed by atoms with van der Waals surface area (Å²) in [4.78, 5) is 20.4. The van der Waals surface area contributed by atoms with Gasteiger partial charge in [0, 0.05) is 23.4 Å². The van der Waals surface area contributed by atoms with Gasteiger partial charge in [0.25, 0.3) is 0 Å². The van der Waals surface area contributed by atoms with Gasteiger partial charge < -0.3 is 4.57 Å². The van der Waals surface area contributed by atoms with Crippen molar-refractivity contribution in [3.63, 3.8) is 0 Å². The van der Waals surface area contributed by atoms with Gasteiger partial charge in [0.05, 0.1) is 12.2 Å². The first-order chi connectivity index (χ1) is 12.5. The predicted octanol–water partition coefficient (Wildman–Crippen LogP) is 4.69. The summed E-state index contributed by atoms with van der Waals surface area (Å²) in [6.07, 6.45) is 4.04. The molecule has 0 atom stereocenters. The van der Waals surface area contributed by atoms with Crippen LogP contribution in [0.3, 0.4) is 0 Å². The van der Waals surface area contributed by atoms with Gasteiger partial charge in [0.2, 0.25) is 0 Å². The smallest absolute Gasteiger partial charge is 0.185 e. The predicted molar refractivity (Wildman–Crippen MR) is 95.5 cm³/mol. The zero-order chi connectivity index (χ0) is 18.7. The van der Waals surface area contributed by atoms with Gasteiger partial charge in [-0.3, -0.25) is 9.78 Å². The number of hydrogen-bond acceptors (Lipinski definition) is 4. The summed E-state index contributed by atoms with van der Waals surface area (Å²) in [6, 6.07) is 7.06. The third-order valence-electron chi connectivity index (χ3n) is 3.77. The highest BCUT2D eigenvalue weighted by atomic mass is 32.2. The largest absolute Gasteiger partial charge is 0.312 e. The number of carbonyl (C=O) groups excluding carboxylic acids is 1. The molecule has 0 saturated carbocycles. The van der Waals surface area contributed by atoms with E-state index in [1.165, 1.54) is 23.9 Å². The number of benzene rings is 1. The highest BCUT2D eigenvalue weighted by Gasteiger charge is 2.21. The second-order valence-electron chi connectivity index (χ2n) is 6.08. The zero-order valence-corrected chi connectivity index (χ0v) is 15.1. The van der Waals surface area contributed by atoms with Gasteiger partial charge >= 0.3 is 0 Å². The van der Waals surface area contributed by atoms with Crippen LogP contribution in [-0.4, -0.2) is 20.8 Å². The zero-order valence-electron chi connectivity index (χ0n) is 14.3. The molecule has 1 aromatic carbocycles.